The zero-order valence-electron chi connectivity index (χ0n) is 18.6. The number of nitrogens with zero attached hydrogens (tertiary/aromatic N) is 4. The van der Waals surface area contributed by atoms with E-state index in [9.17, 15) is 0 Å². The molecule has 34 heavy (non-hydrogen) atoms. The molecule has 0 spiro atoms. The Morgan fingerprint density at radius 1 is 1.00 bits per heavy atom. The third kappa shape index (κ3) is 5.05. The number of para-hydroxylation sites is 2. The third-order valence-electron chi connectivity index (χ3n) is 5.92. The molecule has 1 aliphatic carbocycles. The SMILES string of the molecule is ClCCOc1ccc(COc2ccccc2Nc2nc(Cl)nc3c2ncn3C2CCCC2)cc1. The van der Waals surface area contributed by atoms with Crippen LogP contribution in [0.3, 0.4) is 0 Å². The Bertz CT molecular complexity index is 1260. The van der Waals surface area contributed by atoms with Crippen molar-refractivity contribution in [3.05, 3.63) is 65.7 Å². The first-order chi connectivity index (χ1) is 16.7. The van der Waals surface area contributed by atoms with Gasteiger partial charge < -0.3 is 19.4 Å². The van der Waals surface area contributed by atoms with Crippen LogP contribution in [0.4, 0.5) is 11.5 Å². The van der Waals surface area contributed by atoms with E-state index in [1.807, 2.05) is 54.9 Å². The van der Waals surface area contributed by atoms with Gasteiger partial charge in [-0.15, -0.1) is 11.6 Å². The van der Waals surface area contributed by atoms with Gasteiger partial charge in [0, 0.05) is 6.04 Å². The summed E-state index contributed by atoms with van der Waals surface area (Å²) in [4.78, 5) is 13.5. The smallest absolute Gasteiger partial charge is 0.226 e. The highest BCUT2D eigenvalue weighted by molar-refractivity contribution is 6.28. The summed E-state index contributed by atoms with van der Waals surface area (Å²) in [5.41, 5.74) is 3.25. The van der Waals surface area contributed by atoms with E-state index in [0.29, 0.717) is 42.2 Å². The van der Waals surface area contributed by atoms with Gasteiger partial charge in [-0.05, 0) is 54.3 Å². The number of hydrogen-bond acceptors (Lipinski definition) is 6. The van der Waals surface area contributed by atoms with Crippen LogP contribution < -0.4 is 14.8 Å². The van der Waals surface area contributed by atoms with Crippen molar-refractivity contribution in [2.45, 2.75) is 38.3 Å². The molecule has 0 radical (unpaired) electrons. The van der Waals surface area contributed by atoms with E-state index >= 15 is 0 Å². The van der Waals surface area contributed by atoms with Crippen LogP contribution in [0, 0.1) is 0 Å². The van der Waals surface area contributed by atoms with E-state index < -0.39 is 0 Å². The fourth-order valence-corrected chi connectivity index (χ4v) is 4.49. The van der Waals surface area contributed by atoms with Crippen molar-refractivity contribution in [2.24, 2.45) is 0 Å². The van der Waals surface area contributed by atoms with Crippen LogP contribution in [-0.4, -0.2) is 32.0 Å². The number of anilines is 2. The maximum absolute atomic E-state index is 6.30. The predicted octanol–water partition coefficient (Wildman–Crippen LogP) is 6.54. The lowest BCUT2D eigenvalue weighted by atomic mass is 10.2. The molecule has 2 aromatic carbocycles. The minimum absolute atomic E-state index is 0.185. The predicted molar refractivity (Wildman–Crippen MR) is 135 cm³/mol. The van der Waals surface area contributed by atoms with E-state index in [1.165, 1.54) is 12.8 Å². The number of fused-ring (bicyclic) bond motifs is 1. The third-order valence-corrected chi connectivity index (χ3v) is 6.24. The summed E-state index contributed by atoms with van der Waals surface area (Å²) in [6.45, 7) is 0.889. The van der Waals surface area contributed by atoms with E-state index in [-0.39, 0.29) is 5.28 Å². The van der Waals surface area contributed by atoms with Crippen molar-refractivity contribution in [3.63, 3.8) is 0 Å². The Morgan fingerprint density at radius 3 is 2.59 bits per heavy atom. The fourth-order valence-electron chi connectivity index (χ4n) is 4.25. The Hall–Kier alpha value is -3.03. The number of rotatable bonds is 9. The summed E-state index contributed by atoms with van der Waals surface area (Å²) in [6, 6.07) is 15.9. The number of benzene rings is 2. The number of ether oxygens (including phenoxy) is 2. The normalized spacial score (nSPS) is 13.9. The van der Waals surface area contributed by atoms with Crippen molar-refractivity contribution in [3.8, 4) is 11.5 Å². The minimum atomic E-state index is 0.185. The van der Waals surface area contributed by atoms with Crippen LogP contribution >= 0.6 is 23.2 Å². The van der Waals surface area contributed by atoms with Crippen molar-refractivity contribution in [1.29, 1.82) is 0 Å². The maximum atomic E-state index is 6.30. The number of hydrogen-bond donors (Lipinski definition) is 1. The van der Waals surface area contributed by atoms with Crippen molar-refractivity contribution in [2.75, 3.05) is 17.8 Å². The molecule has 7 nitrogen and oxygen atoms in total. The van der Waals surface area contributed by atoms with Crippen molar-refractivity contribution < 1.29 is 9.47 Å². The fraction of sp³-hybridized carbons (Fsp3) is 0.320. The highest BCUT2D eigenvalue weighted by Gasteiger charge is 2.22. The van der Waals surface area contributed by atoms with Gasteiger partial charge in [0.2, 0.25) is 5.28 Å². The number of nitrogens with one attached hydrogen (secondary N) is 1. The average molecular weight is 498 g/mol. The summed E-state index contributed by atoms with van der Waals surface area (Å²) in [6.07, 6.45) is 6.56. The summed E-state index contributed by atoms with van der Waals surface area (Å²) >= 11 is 12.0. The van der Waals surface area contributed by atoms with Crippen molar-refractivity contribution in [1.82, 2.24) is 19.5 Å². The molecule has 0 saturated heterocycles. The molecule has 9 heteroatoms. The first-order valence-electron chi connectivity index (χ1n) is 11.4. The summed E-state index contributed by atoms with van der Waals surface area (Å²) in [7, 11) is 0. The Balaban J connectivity index is 1.35. The van der Waals surface area contributed by atoms with Gasteiger partial charge >= 0.3 is 0 Å². The number of alkyl halides is 1. The van der Waals surface area contributed by atoms with Gasteiger partial charge in [0.25, 0.3) is 0 Å². The lowest BCUT2D eigenvalue weighted by Gasteiger charge is -2.14. The van der Waals surface area contributed by atoms with E-state index in [0.717, 1.165) is 35.5 Å². The van der Waals surface area contributed by atoms with Gasteiger partial charge in [-0.2, -0.15) is 9.97 Å². The molecule has 0 unspecified atom stereocenters. The maximum Gasteiger partial charge on any atom is 0.226 e. The van der Waals surface area contributed by atoms with E-state index in [2.05, 4.69) is 24.8 Å². The zero-order valence-corrected chi connectivity index (χ0v) is 20.1. The quantitative estimate of drug-likeness (QED) is 0.209. The molecule has 1 fully saturated rings. The van der Waals surface area contributed by atoms with Gasteiger partial charge in [0.1, 0.15) is 24.7 Å². The van der Waals surface area contributed by atoms with Gasteiger partial charge in [-0.1, -0.05) is 37.1 Å². The molecule has 0 amide bonds. The molecule has 2 heterocycles. The molecule has 4 aromatic rings. The van der Waals surface area contributed by atoms with Gasteiger partial charge in [0.05, 0.1) is 17.9 Å². The zero-order chi connectivity index (χ0) is 23.3. The molecule has 1 saturated carbocycles. The van der Waals surface area contributed by atoms with Crippen LogP contribution in [0.5, 0.6) is 11.5 Å². The minimum Gasteiger partial charge on any atom is -0.492 e. The molecule has 176 valence electrons. The van der Waals surface area contributed by atoms with Crippen LogP contribution in [0.1, 0.15) is 37.3 Å². The number of halogens is 2. The molecule has 5 rings (SSSR count). The first-order valence-corrected chi connectivity index (χ1v) is 12.3. The van der Waals surface area contributed by atoms with Crippen LogP contribution in [-0.2, 0) is 6.61 Å². The molecule has 0 aliphatic heterocycles. The second-order valence-electron chi connectivity index (χ2n) is 8.19. The number of aromatic nitrogens is 4. The number of imidazole rings is 1. The lowest BCUT2D eigenvalue weighted by molar-refractivity contribution is 0.307. The Morgan fingerprint density at radius 2 is 1.79 bits per heavy atom. The van der Waals surface area contributed by atoms with Gasteiger partial charge in [-0.3, -0.25) is 0 Å². The summed E-state index contributed by atoms with van der Waals surface area (Å²) in [5, 5.41) is 3.54. The molecular weight excluding hydrogens is 473 g/mol. The monoisotopic (exact) mass is 497 g/mol. The van der Waals surface area contributed by atoms with Crippen LogP contribution in [0.2, 0.25) is 5.28 Å². The largest absolute Gasteiger partial charge is 0.492 e. The molecular formula is C25H25Cl2N5O2. The standard InChI is InChI=1S/C25H25Cl2N5O2/c26-13-14-33-19-11-9-17(10-12-19)15-34-21-8-4-3-7-20(21)29-23-22-24(31-25(27)30-23)32(16-28-22)18-5-1-2-6-18/h3-4,7-12,16,18H,1-2,5-6,13-15H2,(H,29,30,31). The molecule has 0 atom stereocenters. The molecule has 2 aromatic heterocycles. The first kappa shape index (κ1) is 22.7. The highest BCUT2D eigenvalue weighted by atomic mass is 35.5. The van der Waals surface area contributed by atoms with Crippen molar-refractivity contribution >= 4 is 45.9 Å². The summed E-state index contributed by atoms with van der Waals surface area (Å²) < 4.78 is 13.8. The van der Waals surface area contributed by atoms with Crippen LogP contribution in [0.25, 0.3) is 11.2 Å². The lowest BCUT2D eigenvalue weighted by Crippen LogP contribution is -2.05. The van der Waals surface area contributed by atoms with E-state index in [1.54, 1.807) is 0 Å². The van der Waals surface area contributed by atoms with E-state index in [4.69, 9.17) is 32.7 Å². The van der Waals surface area contributed by atoms with Gasteiger partial charge in [0.15, 0.2) is 17.0 Å². The second-order valence-corrected chi connectivity index (χ2v) is 8.91. The summed E-state index contributed by atoms with van der Waals surface area (Å²) in [5.74, 6) is 2.50. The molecule has 0 bridgehead atoms. The molecule has 1 aliphatic rings. The highest BCUT2D eigenvalue weighted by Crippen LogP contribution is 2.35. The Kier molecular flexibility index (Phi) is 7.02. The average Bonchev–Trinajstić information content (AvgIpc) is 3.53. The van der Waals surface area contributed by atoms with Crippen LogP contribution in [0.15, 0.2) is 54.9 Å². The second kappa shape index (κ2) is 10.5. The molecule has 1 N–H and O–H groups in total. The van der Waals surface area contributed by atoms with Gasteiger partial charge in [-0.25, -0.2) is 4.98 Å². The Labute approximate surface area is 208 Å². The topological polar surface area (TPSA) is 74.1 Å².